The number of nitrogens with one attached hydrogen (secondary N) is 1. The molecule has 0 spiro atoms. The quantitative estimate of drug-likeness (QED) is 0.492. The fourth-order valence-electron chi connectivity index (χ4n) is 2.86. The van der Waals surface area contributed by atoms with Gasteiger partial charge in [0, 0.05) is 16.1 Å². The number of hydrogen-bond donors (Lipinski definition) is 2. The summed E-state index contributed by atoms with van der Waals surface area (Å²) in [6.07, 6.45) is 3.32. The van der Waals surface area contributed by atoms with Crippen molar-refractivity contribution in [1.29, 1.82) is 0 Å². The first-order chi connectivity index (χ1) is 13.9. The molecule has 3 N–H and O–H groups in total. The Morgan fingerprint density at radius 1 is 1.10 bits per heavy atom. The Labute approximate surface area is 168 Å². The maximum atomic E-state index is 13.8. The third-order valence-electron chi connectivity index (χ3n) is 4.25. The van der Waals surface area contributed by atoms with Crippen molar-refractivity contribution in [2.24, 2.45) is 0 Å². The van der Waals surface area contributed by atoms with Crippen LogP contribution < -0.4 is 11.2 Å². The van der Waals surface area contributed by atoms with Crippen molar-refractivity contribution in [2.75, 3.05) is 11.2 Å². The Hall–Kier alpha value is -3.59. The molecule has 0 atom stereocenters. The third kappa shape index (κ3) is 3.72. The van der Waals surface area contributed by atoms with Crippen LogP contribution >= 0.6 is 11.3 Å². The number of aryl methyl sites for hydroxylation is 1. The fourth-order valence-corrected chi connectivity index (χ4v) is 3.77. The summed E-state index contributed by atoms with van der Waals surface area (Å²) >= 11 is 1.52. The summed E-state index contributed by atoms with van der Waals surface area (Å²) in [5.41, 5.74) is 2.27. The van der Waals surface area contributed by atoms with Gasteiger partial charge < -0.3 is 11.2 Å². The van der Waals surface area contributed by atoms with Crippen molar-refractivity contribution in [1.82, 2.24) is 14.9 Å². The van der Waals surface area contributed by atoms with E-state index < -0.39 is 23.1 Å². The average Bonchev–Trinajstić information content (AvgIpc) is 3.28. The summed E-state index contributed by atoms with van der Waals surface area (Å²) in [4.78, 5) is 19.1. The zero-order chi connectivity index (χ0) is 20.5. The number of benzene rings is 2. The van der Waals surface area contributed by atoms with Gasteiger partial charge in [0.15, 0.2) is 0 Å². The predicted molar refractivity (Wildman–Crippen MR) is 108 cm³/mol. The zero-order valence-electron chi connectivity index (χ0n) is 15.2. The summed E-state index contributed by atoms with van der Waals surface area (Å²) in [5.74, 6) is 2.92. The largest absolute Gasteiger partial charge is 0.323 e. The molecule has 2 aromatic heterocycles. The van der Waals surface area contributed by atoms with E-state index in [2.05, 4.69) is 15.4 Å². The molecule has 0 bridgehead atoms. The van der Waals surface area contributed by atoms with Crippen LogP contribution in [0.2, 0.25) is 0 Å². The Kier molecular flexibility index (Phi) is 4.81. The van der Waals surface area contributed by atoms with E-state index in [9.17, 15) is 13.6 Å². The normalized spacial score (nSPS) is 10.9. The fraction of sp³-hybridized carbons (Fsp3) is 0.0500. The molecule has 1 amide bonds. The number of hydrogen-bond acceptors (Lipinski definition) is 5. The third-order valence-corrected chi connectivity index (χ3v) is 5.27. The number of aromatic nitrogens is 3. The van der Waals surface area contributed by atoms with Gasteiger partial charge in [0.05, 0.1) is 23.7 Å². The van der Waals surface area contributed by atoms with Crippen LogP contribution in [0.1, 0.15) is 15.2 Å². The molecule has 0 radical (unpaired) electrons. The molecule has 29 heavy (non-hydrogen) atoms. The van der Waals surface area contributed by atoms with Crippen LogP contribution in [0.3, 0.4) is 0 Å². The minimum atomic E-state index is -0.912. The molecule has 0 aliphatic rings. The number of amides is 1. The van der Waals surface area contributed by atoms with Crippen molar-refractivity contribution in [2.45, 2.75) is 6.92 Å². The Bertz CT molecular complexity index is 1180. The van der Waals surface area contributed by atoms with Gasteiger partial charge in [-0.25, -0.2) is 13.8 Å². The molecule has 6 nitrogen and oxygen atoms in total. The number of rotatable bonds is 4. The topological polar surface area (TPSA) is 85.8 Å². The second-order valence-electron chi connectivity index (χ2n) is 6.26. The van der Waals surface area contributed by atoms with Gasteiger partial charge in [-0.15, -0.1) is 11.3 Å². The maximum Gasteiger partial charge on any atom is 0.261 e. The van der Waals surface area contributed by atoms with E-state index >= 15 is 0 Å². The maximum absolute atomic E-state index is 13.8. The van der Waals surface area contributed by atoms with Crippen molar-refractivity contribution in [3.63, 3.8) is 0 Å². The van der Waals surface area contributed by atoms with Crippen LogP contribution in [0, 0.1) is 18.6 Å². The number of carbonyl (C=O) groups is 1. The highest BCUT2D eigenvalue weighted by atomic mass is 32.1. The van der Waals surface area contributed by atoms with Crippen molar-refractivity contribution in [3.05, 3.63) is 76.9 Å². The van der Waals surface area contributed by atoms with Crippen molar-refractivity contribution >= 4 is 22.9 Å². The number of nitrogens with two attached hydrogens (primary N) is 1. The van der Waals surface area contributed by atoms with Crippen LogP contribution in [-0.4, -0.2) is 20.8 Å². The highest BCUT2D eigenvalue weighted by Crippen LogP contribution is 2.33. The lowest BCUT2D eigenvalue weighted by Crippen LogP contribution is -2.15. The summed E-state index contributed by atoms with van der Waals surface area (Å²) in [6, 6.07) is 10.2. The summed E-state index contributed by atoms with van der Waals surface area (Å²) < 4.78 is 27.5. The number of halogens is 2. The van der Waals surface area contributed by atoms with E-state index in [0.29, 0.717) is 5.69 Å². The molecule has 9 heteroatoms. The molecule has 0 saturated heterocycles. The van der Waals surface area contributed by atoms with Gasteiger partial charge in [0.25, 0.3) is 5.91 Å². The number of anilines is 1. The molecule has 0 saturated carbocycles. The van der Waals surface area contributed by atoms with Crippen LogP contribution in [0.5, 0.6) is 0 Å². The van der Waals surface area contributed by atoms with E-state index in [1.165, 1.54) is 22.2 Å². The number of nitrogen functional groups attached to an aromatic ring is 1. The number of nitrogens with zero attached hydrogens (tertiary/aromatic N) is 3. The second-order valence-corrected chi connectivity index (χ2v) is 7.46. The molecule has 4 rings (SSSR count). The second kappa shape index (κ2) is 7.44. The monoisotopic (exact) mass is 411 g/mol. The lowest BCUT2D eigenvalue weighted by molar-refractivity contribution is 0.101. The Morgan fingerprint density at radius 3 is 2.41 bits per heavy atom. The molecule has 0 unspecified atom stereocenters. The summed E-state index contributed by atoms with van der Waals surface area (Å²) in [7, 11) is 0. The first-order valence-electron chi connectivity index (χ1n) is 8.55. The van der Waals surface area contributed by atoms with Crippen LogP contribution in [0.25, 0.3) is 21.8 Å². The number of carbonyl (C=O) groups excluding carboxylic acids is 1. The molecule has 0 aliphatic carbocycles. The highest BCUT2D eigenvalue weighted by molar-refractivity contribution is 7.15. The van der Waals surface area contributed by atoms with Gasteiger partial charge in [0.2, 0.25) is 0 Å². The van der Waals surface area contributed by atoms with E-state index in [0.717, 1.165) is 38.8 Å². The first kappa shape index (κ1) is 18.8. The van der Waals surface area contributed by atoms with Crippen molar-refractivity contribution < 1.29 is 13.6 Å². The lowest BCUT2D eigenvalue weighted by Gasteiger charge is -2.08. The van der Waals surface area contributed by atoms with E-state index in [1.54, 1.807) is 36.7 Å². The Balaban J connectivity index is 1.56. The van der Waals surface area contributed by atoms with Gasteiger partial charge >= 0.3 is 0 Å². The summed E-state index contributed by atoms with van der Waals surface area (Å²) in [5, 5.41) is 7.25. The van der Waals surface area contributed by atoms with E-state index in [1.807, 2.05) is 6.92 Å². The van der Waals surface area contributed by atoms with Crippen LogP contribution in [0.4, 0.5) is 14.5 Å². The predicted octanol–water partition coefficient (Wildman–Crippen LogP) is 4.23. The summed E-state index contributed by atoms with van der Waals surface area (Å²) in [6.45, 7) is 1.96. The van der Waals surface area contributed by atoms with Gasteiger partial charge in [-0.3, -0.25) is 4.79 Å². The van der Waals surface area contributed by atoms with E-state index in [4.69, 9.17) is 5.84 Å². The molecular weight excluding hydrogens is 396 g/mol. The van der Waals surface area contributed by atoms with E-state index in [-0.39, 0.29) is 0 Å². The van der Waals surface area contributed by atoms with Gasteiger partial charge in [0.1, 0.15) is 22.2 Å². The van der Waals surface area contributed by atoms with Crippen LogP contribution in [0.15, 0.2) is 54.9 Å². The zero-order valence-corrected chi connectivity index (χ0v) is 16.0. The molecule has 146 valence electrons. The lowest BCUT2D eigenvalue weighted by atomic mass is 10.1. The highest BCUT2D eigenvalue weighted by Gasteiger charge is 2.17. The molecular formula is C20H15F2N5OS. The average molecular weight is 411 g/mol. The standard InChI is InChI=1S/C20H15F2N5OS/c1-11-18(26-20(29-11)13-9-24-27(23)10-13)12-5-7-14(8-6-12)25-19(28)17-15(21)3-2-4-16(17)22/h2-10H,23H2,1H3,(H,25,28). The first-order valence-corrected chi connectivity index (χ1v) is 9.37. The Morgan fingerprint density at radius 2 is 1.79 bits per heavy atom. The smallest absolute Gasteiger partial charge is 0.261 e. The molecule has 0 fully saturated rings. The van der Waals surface area contributed by atoms with Gasteiger partial charge in [-0.05, 0) is 31.2 Å². The minimum absolute atomic E-state index is 0.416. The van der Waals surface area contributed by atoms with Gasteiger partial charge in [-0.1, -0.05) is 18.2 Å². The minimum Gasteiger partial charge on any atom is -0.323 e. The van der Waals surface area contributed by atoms with Gasteiger partial charge in [-0.2, -0.15) is 9.89 Å². The molecule has 2 aromatic carbocycles. The molecule has 2 heterocycles. The SMILES string of the molecule is Cc1sc(-c2cnn(N)c2)nc1-c1ccc(NC(=O)c2c(F)cccc2F)cc1. The number of thiazole rings is 1. The van der Waals surface area contributed by atoms with Crippen molar-refractivity contribution in [3.8, 4) is 21.8 Å². The van der Waals surface area contributed by atoms with Crippen LogP contribution in [-0.2, 0) is 0 Å². The molecule has 0 aliphatic heterocycles. The molecule has 4 aromatic rings.